The number of anilines is 2. The molecule has 4 rings (SSSR count). The Kier molecular flexibility index (Phi) is 8.12. The van der Waals surface area contributed by atoms with Crippen molar-refractivity contribution in [1.82, 2.24) is 4.98 Å². The number of rotatable bonds is 12. The minimum Gasteiger partial charge on any atom is -0.497 e. The third-order valence-electron chi connectivity index (χ3n) is 6.07. The molecule has 0 radical (unpaired) electrons. The summed E-state index contributed by atoms with van der Waals surface area (Å²) in [5.74, 6) is -2.10. The number of benzene rings is 3. The molecule has 0 unspecified atom stereocenters. The highest BCUT2D eigenvalue weighted by Gasteiger charge is 2.32. The van der Waals surface area contributed by atoms with E-state index in [0.29, 0.717) is 20.1 Å². The fourth-order valence-corrected chi connectivity index (χ4v) is 7.00. The molecule has 1 aromatic heterocycles. The molecule has 1 heterocycles. The van der Waals surface area contributed by atoms with E-state index < -0.39 is 45.1 Å². The first kappa shape index (κ1) is 29.2. The van der Waals surface area contributed by atoms with E-state index in [9.17, 15) is 36.6 Å². The molecule has 0 fully saturated rings. The number of carbonyl (C=O) groups is 2. The number of aromatic amines is 1. The van der Waals surface area contributed by atoms with Gasteiger partial charge in [0.1, 0.15) is 24.6 Å². The SMILES string of the molecule is COc1ccc(S(=O)(=O)N(CC(=O)O)c2ccc(N(CC(=O)O)S(=O)(=O)c3ccc(OC)cc3)c3[nH]ccc23)cc1. The number of nitrogens with zero attached hydrogens (tertiary/aromatic N) is 2. The summed E-state index contributed by atoms with van der Waals surface area (Å²) in [4.78, 5) is 26.0. The van der Waals surface area contributed by atoms with Gasteiger partial charge in [0.2, 0.25) is 0 Å². The van der Waals surface area contributed by atoms with Crippen molar-refractivity contribution < 1.29 is 46.1 Å². The fourth-order valence-electron chi connectivity index (χ4n) is 4.15. The zero-order valence-electron chi connectivity index (χ0n) is 21.7. The molecule has 216 valence electrons. The van der Waals surface area contributed by atoms with Gasteiger partial charge in [-0.1, -0.05) is 0 Å². The molecule has 0 bridgehead atoms. The van der Waals surface area contributed by atoms with E-state index in [1.807, 2.05) is 0 Å². The zero-order valence-corrected chi connectivity index (χ0v) is 23.3. The summed E-state index contributed by atoms with van der Waals surface area (Å²) in [5, 5.41) is 19.3. The van der Waals surface area contributed by atoms with Crippen LogP contribution in [0.2, 0.25) is 0 Å². The Morgan fingerprint density at radius 1 is 0.683 bits per heavy atom. The Morgan fingerprint density at radius 3 is 1.51 bits per heavy atom. The first-order valence-electron chi connectivity index (χ1n) is 11.8. The number of carboxylic acid groups (broad SMARTS) is 2. The Hall–Kier alpha value is -4.76. The van der Waals surface area contributed by atoms with Crippen LogP contribution in [0.15, 0.2) is 82.7 Å². The maximum absolute atomic E-state index is 13.6. The van der Waals surface area contributed by atoms with Gasteiger partial charge in [0, 0.05) is 11.6 Å². The van der Waals surface area contributed by atoms with Crippen LogP contribution < -0.4 is 18.1 Å². The van der Waals surface area contributed by atoms with Gasteiger partial charge < -0.3 is 24.7 Å². The van der Waals surface area contributed by atoms with Crippen molar-refractivity contribution in [3.63, 3.8) is 0 Å². The van der Waals surface area contributed by atoms with Crippen LogP contribution in [0.3, 0.4) is 0 Å². The van der Waals surface area contributed by atoms with Crippen molar-refractivity contribution in [2.24, 2.45) is 0 Å². The number of aliphatic carboxylic acids is 2. The minimum atomic E-state index is -4.43. The second-order valence-corrected chi connectivity index (χ2v) is 12.3. The van der Waals surface area contributed by atoms with Crippen LogP contribution in [0.5, 0.6) is 11.5 Å². The molecule has 41 heavy (non-hydrogen) atoms. The standard InChI is InChI=1S/C26H25N3O10S2/c1-38-17-3-7-19(8-4-17)40(34,35)28(15-24(30)31)22-11-12-23(26-21(22)13-14-27-26)29(16-25(32)33)41(36,37)20-9-5-18(39-2)6-10-20/h3-14,27H,15-16H2,1-2H3,(H,30,31)(H,32,33). The van der Waals surface area contributed by atoms with E-state index in [2.05, 4.69) is 4.98 Å². The highest BCUT2D eigenvalue weighted by molar-refractivity contribution is 7.93. The number of carboxylic acids is 2. The van der Waals surface area contributed by atoms with Gasteiger partial charge in [-0.2, -0.15) is 0 Å². The summed E-state index contributed by atoms with van der Waals surface area (Å²) in [6, 6.07) is 14.6. The summed E-state index contributed by atoms with van der Waals surface area (Å²) < 4.78 is 65.9. The number of H-pyrrole nitrogens is 1. The monoisotopic (exact) mass is 603 g/mol. The number of fused-ring (bicyclic) bond motifs is 1. The van der Waals surface area contributed by atoms with Crippen molar-refractivity contribution in [1.29, 1.82) is 0 Å². The Bertz CT molecular complexity index is 1670. The maximum Gasteiger partial charge on any atom is 0.324 e. The van der Waals surface area contributed by atoms with Gasteiger partial charge in [-0.25, -0.2) is 16.8 Å². The van der Waals surface area contributed by atoms with Crippen molar-refractivity contribution in [3.8, 4) is 11.5 Å². The van der Waals surface area contributed by atoms with Crippen LogP contribution >= 0.6 is 0 Å². The van der Waals surface area contributed by atoms with Crippen LogP contribution in [0.25, 0.3) is 10.9 Å². The van der Waals surface area contributed by atoms with Crippen LogP contribution in [0, 0.1) is 0 Å². The lowest BCUT2D eigenvalue weighted by molar-refractivity contribution is -0.136. The number of methoxy groups -OCH3 is 2. The smallest absolute Gasteiger partial charge is 0.324 e. The van der Waals surface area contributed by atoms with E-state index in [1.54, 1.807) is 0 Å². The topological polar surface area (TPSA) is 184 Å². The van der Waals surface area contributed by atoms with Crippen molar-refractivity contribution in [3.05, 3.63) is 72.9 Å². The molecule has 13 nitrogen and oxygen atoms in total. The number of hydrogen-bond donors (Lipinski definition) is 3. The average molecular weight is 604 g/mol. The van der Waals surface area contributed by atoms with Gasteiger partial charge in [-0.05, 0) is 66.7 Å². The normalized spacial score (nSPS) is 11.7. The molecule has 0 aliphatic rings. The van der Waals surface area contributed by atoms with Gasteiger partial charge in [-0.3, -0.25) is 18.2 Å². The molecule has 15 heteroatoms. The molecule has 0 aliphatic heterocycles. The molecule has 4 aromatic rings. The second kappa shape index (κ2) is 11.4. The predicted octanol–water partition coefficient (Wildman–Crippen LogP) is 2.74. The molecule has 0 spiro atoms. The molecule has 3 N–H and O–H groups in total. The number of ether oxygens (including phenoxy) is 2. The number of hydrogen-bond acceptors (Lipinski definition) is 8. The van der Waals surface area contributed by atoms with E-state index in [0.717, 1.165) is 0 Å². The summed E-state index contributed by atoms with van der Waals surface area (Å²) in [6.45, 7) is -1.90. The quantitative estimate of drug-likeness (QED) is 0.218. The van der Waals surface area contributed by atoms with E-state index in [-0.39, 0.29) is 32.1 Å². The maximum atomic E-state index is 13.6. The summed E-state index contributed by atoms with van der Waals surface area (Å²) in [7, 11) is -6.04. The number of aromatic nitrogens is 1. The molecule has 0 amide bonds. The third-order valence-corrected chi connectivity index (χ3v) is 9.62. The second-order valence-electron chi connectivity index (χ2n) is 8.53. The van der Waals surface area contributed by atoms with Crippen molar-refractivity contribution >= 4 is 54.3 Å². The Labute approximate surface area is 235 Å². The van der Waals surface area contributed by atoms with Crippen molar-refractivity contribution in [2.45, 2.75) is 9.79 Å². The minimum absolute atomic E-state index is 0.0691. The van der Waals surface area contributed by atoms with E-state index in [1.165, 1.54) is 87.1 Å². The lowest BCUT2D eigenvalue weighted by Gasteiger charge is -2.27. The third kappa shape index (κ3) is 5.76. The Morgan fingerprint density at radius 2 is 1.10 bits per heavy atom. The highest BCUT2D eigenvalue weighted by atomic mass is 32.2. The lowest BCUT2D eigenvalue weighted by Crippen LogP contribution is -2.37. The molecule has 0 saturated carbocycles. The fraction of sp³-hybridized carbons (Fsp3) is 0.154. The number of sulfonamides is 2. The zero-order chi connectivity index (χ0) is 29.9. The summed E-state index contributed by atoms with van der Waals surface area (Å²) in [6.07, 6.45) is 1.40. The molecular weight excluding hydrogens is 578 g/mol. The van der Waals surface area contributed by atoms with E-state index >= 15 is 0 Å². The number of nitrogens with one attached hydrogen (secondary N) is 1. The van der Waals surface area contributed by atoms with Gasteiger partial charge in [0.15, 0.2) is 0 Å². The molecular formula is C26H25N3O10S2. The summed E-state index contributed by atoms with van der Waals surface area (Å²) >= 11 is 0. The summed E-state index contributed by atoms with van der Waals surface area (Å²) in [5.41, 5.74) is -0.0921. The van der Waals surface area contributed by atoms with Crippen molar-refractivity contribution in [2.75, 3.05) is 35.9 Å². The molecule has 3 aromatic carbocycles. The molecule has 0 atom stereocenters. The average Bonchev–Trinajstić information content (AvgIpc) is 3.44. The molecule has 0 saturated heterocycles. The predicted molar refractivity (Wildman–Crippen MR) is 149 cm³/mol. The highest BCUT2D eigenvalue weighted by Crippen LogP contribution is 2.38. The largest absolute Gasteiger partial charge is 0.497 e. The van der Waals surface area contributed by atoms with Crippen LogP contribution in [0.4, 0.5) is 11.4 Å². The van der Waals surface area contributed by atoms with Gasteiger partial charge in [-0.15, -0.1) is 0 Å². The van der Waals surface area contributed by atoms with E-state index in [4.69, 9.17) is 9.47 Å². The first-order chi connectivity index (χ1) is 19.4. The van der Waals surface area contributed by atoms with Crippen LogP contribution in [0.1, 0.15) is 0 Å². The Balaban J connectivity index is 1.88. The van der Waals surface area contributed by atoms with Gasteiger partial charge in [0.05, 0.1) is 40.9 Å². The van der Waals surface area contributed by atoms with Crippen LogP contribution in [-0.4, -0.2) is 71.3 Å². The molecule has 0 aliphatic carbocycles. The van der Waals surface area contributed by atoms with Crippen LogP contribution in [-0.2, 0) is 29.6 Å². The van der Waals surface area contributed by atoms with Gasteiger partial charge in [0.25, 0.3) is 20.0 Å². The van der Waals surface area contributed by atoms with Gasteiger partial charge >= 0.3 is 11.9 Å². The first-order valence-corrected chi connectivity index (χ1v) is 14.7. The lowest BCUT2D eigenvalue weighted by atomic mass is 10.2.